The van der Waals surface area contributed by atoms with Crippen LogP contribution in [0.15, 0.2) is 63.4 Å². The average Bonchev–Trinajstić information content (AvgIpc) is 2.86. The number of halogens is 2. The van der Waals surface area contributed by atoms with E-state index < -0.39 is 5.92 Å². The fraction of sp³-hybridized carbons (Fsp3) is 0.471. The lowest BCUT2D eigenvalue weighted by atomic mass is 9.63. The minimum absolute atomic E-state index is 0.104. The van der Waals surface area contributed by atoms with Crippen LogP contribution in [0.2, 0.25) is 5.02 Å². The number of rotatable bonds is 7. The smallest absolute Gasteiger partial charge is 0.180 e. The van der Waals surface area contributed by atoms with Gasteiger partial charge in [0.15, 0.2) is 23.1 Å². The number of carbonyl (C=O) groups is 2. The van der Waals surface area contributed by atoms with Gasteiger partial charge in [0.25, 0.3) is 0 Å². The number of benzene rings is 2. The minimum atomic E-state index is -0.482. The van der Waals surface area contributed by atoms with Gasteiger partial charge in [0.05, 0.1) is 11.6 Å². The van der Waals surface area contributed by atoms with E-state index in [9.17, 15) is 9.59 Å². The molecule has 0 atom stereocenters. The molecule has 5 nitrogen and oxygen atoms in total. The largest absolute Gasteiger partial charge is 0.490 e. The first kappa shape index (κ1) is 29.9. The normalized spacial score (nSPS) is 20.2. The molecule has 3 aliphatic rings. The second-order valence-corrected chi connectivity index (χ2v) is 14.2. The van der Waals surface area contributed by atoms with Crippen molar-refractivity contribution in [3.05, 3.63) is 79.6 Å². The molecule has 41 heavy (non-hydrogen) atoms. The Morgan fingerprint density at radius 3 is 2.02 bits per heavy atom. The van der Waals surface area contributed by atoms with E-state index in [-0.39, 0.29) is 22.4 Å². The highest BCUT2D eigenvalue weighted by atomic mass is 79.9. The van der Waals surface area contributed by atoms with Crippen LogP contribution in [0.3, 0.4) is 0 Å². The highest BCUT2D eigenvalue weighted by Crippen LogP contribution is 2.55. The number of nitrogens with zero attached hydrogens (tertiary/aromatic N) is 1. The summed E-state index contributed by atoms with van der Waals surface area (Å²) < 4.78 is 13.2. The molecule has 5 rings (SSSR count). The van der Waals surface area contributed by atoms with Crippen LogP contribution in [0.1, 0.15) is 84.3 Å². The van der Waals surface area contributed by atoms with Crippen molar-refractivity contribution >= 4 is 39.1 Å². The molecular weight excluding hydrogens is 602 g/mol. The van der Waals surface area contributed by atoms with Gasteiger partial charge in [-0.15, -0.1) is 0 Å². The van der Waals surface area contributed by atoms with E-state index in [0.717, 1.165) is 51.0 Å². The molecule has 2 aromatic carbocycles. The Bertz CT molecular complexity index is 1420. The summed E-state index contributed by atoms with van der Waals surface area (Å²) in [5.41, 5.74) is 5.03. The maximum Gasteiger partial charge on any atom is 0.180 e. The molecule has 0 aromatic heterocycles. The van der Waals surface area contributed by atoms with Crippen LogP contribution in [0, 0.1) is 10.8 Å². The lowest BCUT2D eigenvalue weighted by Crippen LogP contribution is -2.44. The second-order valence-electron chi connectivity index (χ2n) is 12.9. The highest BCUT2D eigenvalue weighted by Gasteiger charge is 2.48. The number of ketones is 2. The van der Waals surface area contributed by atoms with E-state index >= 15 is 0 Å². The maximum absolute atomic E-state index is 13.9. The van der Waals surface area contributed by atoms with Crippen LogP contribution in [0.25, 0.3) is 0 Å². The zero-order chi connectivity index (χ0) is 29.7. The molecule has 0 spiro atoms. The number of hydrogen-bond donors (Lipinski definition) is 0. The van der Waals surface area contributed by atoms with Gasteiger partial charge in [0.1, 0.15) is 6.61 Å². The third-order valence-corrected chi connectivity index (χ3v) is 9.39. The molecule has 0 unspecified atom stereocenters. The van der Waals surface area contributed by atoms with Crippen LogP contribution in [0.5, 0.6) is 11.5 Å². The van der Waals surface area contributed by atoms with Crippen LogP contribution >= 0.6 is 27.5 Å². The van der Waals surface area contributed by atoms with Crippen molar-refractivity contribution in [3.63, 3.8) is 0 Å². The summed E-state index contributed by atoms with van der Waals surface area (Å²) in [6.07, 6.45) is 2.45. The Labute approximate surface area is 257 Å². The van der Waals surface area contributed by atoms with Gasteiger partial charge in [-0.2, -0.15) is 0 Å². The lowest BCUT2D eigenvalue weighted by molar-refractivity contribution is -0.119. The van der Waals surface area contributed by atoms with Gasteiger partial charge in [0, 0.05) is 57.9 Å². The van der Waals surface area contributed by atoms with Crippen molar-refractivity contribution in [1.29, 1.82) is 0 Å². The van der Waals surface area contributed by atoms with Crippen molar-refractivity contribution in [2.24, 2.45) is 10.8 Å². The first-order chi connectivity index (χ1) is 19.4. The summed E-state index contributed by atoms with van der Waals surface area (Å²) in [6, 6.07) is 11.7. The Hall–Kier alpha value is -2.57. The summed E-state index contributed by atoms with van der Waals surface area (Å²) in [5.74, 6) is 0.689. The van der Waals surface area contributed by atoms with Crippen LogP contribution in [0.4, 0.5) is 0 Å². The molecule has 0 fully saturated rings. The van der Waals surface area contributed by atoms with Gasteiger partial charge in [-0.1, -0.05) is 73.4 Å². The predicted octanol–water partition coefficient (Wildman–Crippen LogP) is 8.79. The number of carbonyl (C=O) groups excluding carboxylic acids is 2. The van der Waals surface area contributed by atoms with Gasteiger partial charge < -0.3 is 14.4 Å². The molecular formula is C34H39BrClNO4. The predicted molar refractivity (Wildman–Crippen MR) is 166 cm³/mol. The van der Waals surface area contributed by atoms with E-state index in [4.69, 9.17) is 21.1 Å². The maximum atomic E-state index is 13.9. The molecule has 0 amide bonds. The van der Waals surface area contributed by atoms with E-state index in [2.05, 4.69) is 55.4 Å². The first-order valence-corrected chi connectivity index (χ1v) is 15.7. The molecule has 218 valence electrons. The van der Waals surface area contributed by atoms with E-state index in [1.807, 2.05) is 43.3 Å². The van der Waals surface area contributed by atoms with Gasteiger partial charge >= 0.3 is 0 Å². The Balaban J connectivity index is 1.67. The van der Waals surface area contributed by atoms with Gasteiger partial charge in [-0.3, -0.25) is 9.59 Å². The second kappa shape index (κ2) is 11.3. The number of hydrogen-bond acceptors (Lipinski definition) is 5. The number of ether oxygens (including phenoxy) is 2. The lowest BCUT2D eigenvalue weighted by Gasteiger charge is -2.49. The van der Waals surface area contributed by atoms with Crippen molar-refractivity contribution in [2.45, 2.75) is 79.8 Å². The zero-order valence-corrected chi connectivity index (χ0v) is 27.2. The molecule has 7 heteroatoms. The molecule has 1 heterocycles. The molecule has 2 aliphatic carbocycles. The average molecular weight is 641 g/mol. The van der Waals surface area contributed by atoms with Crippen molar-refractivity contribution in [2.75, 3.05) is 13.2 Å². The van der Waals surface area contributed by atoms with E-state index in [1.54, 1.807) is 0 Å². The van der Waals surface area contributed by atoms with Crippen molar-refractivity contribution in [1.82, 2.24) is 4.90 Å². The summed E-state index contributed by atoms with van der Waals surface area (Å²) in [7, 11) is 0. The number of allylic oxidation sites excluding steroid dienone is 4. The van der Waals surface area contributed by atoms with E-state index in [0.29, 0.717) is 49.1 Å². The fourth-order valence-electron chi connectivity index (χ4n) is 6.69. The standard InChI is InChI=1S/C34H39BrClNO4/c1-7-37-24-15-33(3,4)17-26(38)30(24)29(31-25(37)16-34(5,6)18-27(31)39)21-13-23(36)32(28(14-21)40-8-2)41-19-20-11-9-10-12-22(20)35/h9-14,29H,7-8,15-19H2,1-6H3. The molecule has 0 saturated carbocycles. The molecule has 0 saturated heterocycles. The Morgan fingerprint density at radius 2 is 1.49 bits per heavy atom. The monoisotopic (exact) mass is 639 g/mol. The third kappa shape index (κ3) is 5.75. The topological polar surface area (TPSA) is 55.8 Å². The summed E-state index contributed by atoms with van der Waals surface area (Å²) in [4.78, 5) is 30.1. The first-order valence-electron chi connectivity index (χ1n) is 14.5. The van der Waals surface area contributed by atoms with E-state index in [1.165, 1.54) is 0 Å². The molecule has 0 N–H and O–H groups in total. The van der Waals surface area contributed by atoms with Crippen LogP contribution in [-0.4, -0.2) is 29.6 Å². The van der Waals surface area contributed by atoms with Gasteiger partial charge in [0.2, 0.25) is 0 Å². The fourth-order valence-corrected chi connectivity index (χ4v) is 7.36. The quantitative estimate of drug-likeness (QED) is 0.303. The van der Waals surface area contributed by atoms with Crippen LogP contribution in [-0.2, 0) is 16.2 Å². The SMILES string of the molecule is CCOc1cc(C2C3=C(CC(C)(C)CC3=O)N(CC)C3=C2C(=O)CC(C)(C)C3)cc(Cl)c1OCc1ccccc1Br. The third-order valence-electron chi connectivity index (χ3n) is 8.33. The van der Waals surface area contributed by atoms with Gasteiger partial charge in [-0.25, -0.2) is 0 Å². The van der Waals surface area contributed by atoms with Crippen molar-refractivity contribution in [3.8, 4) is 11.5 Å². The summed E-state index contributed by atoms with van der Waals surface area (Å²) in [6.45, 7) is 14.1. The Morgan fingerprint density at radius 1 is 0.902 bits per heavy atom. The van der Waals surface area contributed by atoms with Crippen LogP contribution < -0.4 is 9.47 Å². The molecule has 2 aromatic rings. The highest BCUT2D eigenvalue weighted by molar-refractivity contribution is 9.10. The molecule has 0 radical (unpaired) electrons. The minimum Gasteiger partial charge on any atom is -0.490 e. The number of Topliss-reactive ketones (excluding diaryl/α,β-unsaturated/α-hetero) is 2. The summed E-state index contributed by atoms with van der Waals surface area (Å²) in [5, 5.41) is 0.396. The molecule has 0 bridgehead atoms. The molecule has 1 aliphatic heterocycles. The van der Waals surface area contributed by atoms with Crippen molar-refractivity contribution < 1.29 is 19.1 Å². The Kier molecular flexibility index (Phi) is 8.21. The summed E-state index contributed by atoms with van der Waals surface area (Å²) >= 11 is 10.5. The van der Waals surface area contributed by atoms with Gasteiger partial charge in [-0.05, 0) is 61.3 Å². The zero-order valence-electron chi connectivity index (χ0n) is 24.8.